The summed E-state index contributed by atoms with van der Waals surface area (Å²) in [6, 6.07) is 11.3. The molecule has 0 spiro atoms. The van der Waals surface area contributed by atoms with E-state index >= 15 is 0 Å². The molecule has 4 heterocycles. The zero-order valence-corrected chi connectivity index (χ0v) is 22.0. The Hall–Kier alpha value is -3.97. The Labute approximate surface area is 232 Å². The van der Waals surface area contributed by atoms with Gasteiger partial charge in [0.25, 0.3) is 11.1 Å². The first kappa shape index (κ1) is 27.6. The van der Waals surface area contributed by atoms with E-state index in [1.54, 1.807) is 42.7 Å². The molecular weight excluding hydrogens is 545 g/mol. The molecule has 40 heavy (non-hydrogen) atoms. The summed E-state index contributed by atoms with van der Waals surface area (Å²) in [5.41, 5.74) is 2.04. The van der Waals surface area contributed by atoms with Crippen LogP contribution in [-0.4, -0.2) is 52.1 Å². The number of nitrogens with zero attached hydrogens (tertiary/aromatic N) is 4. The number of para-hydroxylation sites is 1. The highest BCUT2D eigenvalue weighted by atomic mass is 32.2. The van der Waals surface area contributed by atoms with Crippen LogP contribution in [0.1, 0.15) is 24.1 Å². The Kier molecular flexibility index (Phi) is 8.31. The number of hydrogen-bond acceptors (Lipinski definition) is 9. The molecule has 2 fully saturated rings. The second-order valence-corrected chi connectivity index (χ2v) is 10.3. The van der Waals surface area contributed by atoms with Crippen molar-refractivity contribution in [2.75, 3.05) is 24.5 Å². The van der Waals surface area contributed by atoms with E-state index in [1.165, 1.54) is 12.1 Å². The van der Waals surface area contributed by atoms with E-state index in [-0.39, 0.29) is 11.3 Å². The Morgan fingerprint density at radius 2 is 1.88 bits per heavy atom. The van der Waals surface area contributed by atoms with E-state index in [2.05, 4.69) is 35.2 Å². The van der Waals surface area contributed by atoms with Crippen LogP contribution in [0.25, 0.3) is 17.3 Å². The first-order valence-electron chi connectivity index (χ1n) is 12.6. The van der Waals surface area contributed by atoms with E-state index in [1.807, 2.05) is 6.07 Å². The molecular formula is C27H25F3N6O3S. The maximum absolute atomic E-state index is 12.9. The molecule has 3 aromatic rings. The fraction of sp³-hybridized carbons (Fsp3) is 0.296. The molecule has 2 amide bonds. The molecule has 208 valence electrons. The van der Waals surface area contributed by atoms with Gasteiger partial charge in [-0.2, -0.15) is 0 Å². The van der Waals surface area contributed by atoms with Crippen molar-refractivity contribution < 1.29 is 27.5 Å². The van der Waals surface area contributed by atoms with Crippen molar-refractivity contribution in [3.8, 4) is 17.0 Å². The third kappa shape index (κ3) is 6.96. The van der Waals surface area contributed by atoms with Crippen LogP contribution in [0.3, 0.4) is 0 Å². The Bertz CT molecular complexity index is 1430. The van der Waals surface area contributed by atoms with Crippen molar-refractivity contribution in [2.24, 2.45) is 5.92 Å². The molecule has 0 aliphatic carbocycles. The summed E-state index contributed by atoms with van der Waals surface area (Å²) < 4.78 is 43.0. The molecule has 2 aromatic heterocycles. The van der Waals surface area contributed by atoms with E-state index in [0.29, 0.717) is 34.7 Å². The van der Waals surface area contributed by atoms with Crippen molar-refractivity contribution in [1.29, 1.82) is 0 Å². The van der Waals surface area contributed by atoms with Crippen molar-refractivity contribution in [2.45, 2.75) is 25.7 Å². The number of anilines is 1. The summed E-state index contributed by atoms with van der Waals surface area (Å²) >= 11 is 0.844. The predicted molar refractivity (Wildman–Crippen MR) is 144 cm³/mol. The van der Waals surface area contributed by atoms with Crippen LogP contribution in [0.15, 0.2) is 59.8 Å². The number of amides is 2. The molecule has 0 radical (unpaired) electrons. The molecule has 9 nitrogen and oxygen atoms in total. The highest BCUT2D eigenvalue weighted by molar-refractivity contribution is 8.18. The lowest BCUT2D eigenvalue weighted by Crippen LogP contribution is -2.38. The van der Waals surface area contributed by atoms with Crippen LogP contribution in [0, 0.1) is 5.92 Å². The van der Waals surface area contributed by atoms with Crippen molar-refractivity contribution in [1.82, 2.24) is 25.6 Å². The zero-order valence-electron chi connectivity index (χ0n) is 21.1. The molecule has 2 N–H and O–H groups in total. The van der Waals surface area contributed by atoms with Gasteiger partial charge in [-0.1, -0.05) is 18.2 Å². The molecule has 13 heteroatoms. The quantitative estimate of drug-likeness (QED) is 0.370. The molecule has 2 saturated heterocycles. The van der Waals surface area contributed by atoms with Gasteiger partial charge >= 0.3 is 6.36 Å². The van der Waals surface area contributed by atoms with Crippen LogP contribution >= 0.6 is 11.8 Å². The summed E-state index contributed by atoms with van der Waals surface area (Å²) in [5, 5.41) is 5.26. The second-order valence-electron chi connectivity index (χ2n) is 9.25. The standard InChI is InChI=1S/C27H25F3N6O3S/c28-27(29,30)39-21-6-2-1-5-20(21)23-18(4-3-10-32-23)16-31-15-17-8-12-36(13-9-17)25-33-11-7-19(34-25)14-22-24(37)35-26(38)40-22/h1-7,10-11,14,17,31H,8-9,12-13,15-16H2,(H,35,37,38). The van der Waals surface area contributed by atoms with Gasteiger partial charge in [-0.3, -0.25) is 19.9 Å². The minimum absolute atomic E-state index is 0.280. The molecule has 0 unspecified atom stereocenters. The highest BCUT2D eigenvalue weighted by Crippen LogP contribution is 2.34. The van der Waals surface area contributed by atoms with Gasteiger partial charge < -0.3 is 15.0 Å². The van der Waals surface area contributed by atoms with Gasteiger partial charge in [0.05, 0.1) is 16.3 Å². The summed E-state index contributed by atoms with van der Waals surface area (Å²) in [6.45, 7) is 2.68. The van der Waals surface area contributed by atoms with Crippen molar-refractivity contribution >= 4 is 34.9 Å². The Morgan fingerprint density at radius 1 is 1.07 bits per heavy atom. The molecule has 5 rings (SSSR count). The number of imide groups is 1. The zero-order chi connectivity index (χ0) is 28.1. The molecule has 0 saturated carbocycles. The van der Waals surface area contributed by atoms with Crippen LogP contribution in [0.5, 0.6) is 5.75 Å². The van der Waals surface area contributed by atoms with E-state index in [4.69, 9.17) is 0 Å². The van der Waals surface area contributed by atoms with Gasteiger partial charge in [0.1, 0.15) is 5.75 Å². The van der Waals surface area contributed by atoms with E-state index in [0.717, 1.165) is 49.8 Å². The third-order valence-corrected chi connectivity index (χ3v) is 7.30. The minimum Gasteiger partial charge on any atom is -0.405 e. The van der Waals surface area contributed by atoms with Crippen molar-refractivity contribution in [3.05, 3.63) is 71.0 Å². The molecule has 2 aliphatic heterocycles. The van der Waals surface area contributed by atoms with Crippen LogP contribution < -0.4 is 20.3 Å². The molecule has 1 aromatic carbocycles. The number of carbonyl (C=O) groups excluding carboxylic acids is 2. The molecule has 0 atom stereocenters. The number of hydrogen-bond donors (Lipinski definition) is 2. The lowest BCUT2D eigenvalue weighted by atomic mass is 9.96. The van der Waals surface area contributed by atoms with Crippen LogP contribution in [-0.2, 0) is 11.3 Å². The number of thioether (sulfide) groups is 1. The maximum atomic E-state index is 12.9. The predicted octanol–water partition coefficient (Wildman–Crippen LogP) is 4.77. The number of piperidine rings is 1. The number of pyridine rings is 1. The van der Waals surface area contributed by atoms with Gasteiger partial charge in [-0.25, -0.2) is 9.97 Å². The number of aromatic nitrogens is 3. The number of carbonyl (C=O) groups is 2. The summed E-state index contributed by atoms with van der Waals surface area (Å²) in [7, 11) is 0. The first-order valence-corrected chi connectivity index (χ1v) is 13.4. The highest BCUT2D eigenvalue weighted by Gasteiger charge is 2.32. The summed E-state index contributed by atoms with van der Waals surface area (Å²) in [4.78, 5) is 38.9. The number of alkyl halides is 3. The second kappa shape index (κ2) is 12.0. The maximum Gasteiger partial charge on any atom is 0.573 e. The normalized spacial score (nSPS) is 17.4. The topological polar surface area (TPSA) is 109 Å². The Morgan fingerprint density at radius 3 is 2.62 bits per heavy atom. The number of benzene rings is 1. The largest absolute Gasteiger partial charge is 0.573 e. The Balaban J connectivity index is 1.16. The van der Waals surface area contributed by atoms with E-state index < -0.39 is 17.5 Å². The minimum atomic E-state index is -4.80. The van der Waals surface area contributed by atoms with E-state index in [9.17, 15) is 22.8 Å². The molecule has 0 bridgehead atoms. The summed E-state index contributed by atoms with van der Waals surface area (Å²) in [5.74, 6) is 0.242. The number of nitrogens with one attached hydrogen (secondary N) is 2. The third-order valence-electron chi connectivity index (χ3n) is 6.49. The fourth-order valence-corrected chi connectivity index (χ4v) is 5.26. The van der Waals surface area contributed by atoms with Gasteiger partial charge in [0, 0.05) is 37.6 Å². The summed E-state index contributed by atoms with van der Waals surface area (Å²) in [6.07, 6.45) is 1.76. The van der Waals surface area contributed by atoms with Gasteiger partial charge in [0.2, 0.25) is 5.95 Å². The number of ether oxygens (including phenoxy) is 1. The van der Waals surface area contributed by atoms with Crippen LogP contribution in [0.4, 0.5) is 23.9 Å². The fourth-order valence-electron chi connectivity index (χ4n) is 4.60. The monoisotopic (exact) mass is 570 g/mol. The van der Waals surface area contributed by atoms with Gasteiger partial charge in [0.15, 0.2) is 0 Å². The first-order chi connectivity index (χ1) is 19.2. The number of halogens is 3. The number of rotatable bonds is 8. The lowest BCUT2D eigenvalue weighted by Gasteiger charge is -2.32. The smallest absolute Gasteiger partial charge is 0.405 e. The van der Waals surface area contributed by atoms with Crippen LogP contribution in [0.2, 0.25) is 0 Å². The molecule has 2 aliphatic rings. The SMILES string of the molecule is O=C1NC(=O)C(=Cc2ccnc(N3CCC(CNCc4cccnc4-c4ccccc4OC(F)(F)F)CC3)n2)S1. The van der Waals surface area contributed by atoms with Gasteiger partial charge in [-0.05, 0) is 73.0 Å². The lowest BCUT2D eigenvalue weighted by molar-refractivity contribution is -0.274. The van der Waals surface area contributed by atoms with Crippen molar-refractivity contribution in [3.63, 3.8) is 0 Å². The average Bonchev–Trinajstić information content (AvgIpc) is 3.25. The van der Waals surface area contributed by atoms with Gasteiger partial charge in [-0.15, -0.1) is 13.2 Å². The average molecular weight is 571 g/mol.